The van der Waals surface area contributed by atoms with E-state index in [-0.39, 0.29) is 6.03 Å². The molecule has 0 saturated carbocycles. The number of piperidine rings is 1. The third-order valence-electron chi connectivity index (χ3n) is 3.83. The summed E-state index contributed by atoms with van der Waals surface area (Å²) in [4.78, 5) is 32.6. The molecule has 7 heteroatoms. The second-order valence-corrected chi connectivity index (χ2v) is 5.48. The predicted octanol–water partition coefficient (Wildman–Crippen LogP) is 0.935. The minimum Gasteiger partial charge on any atom is -0.467 e. The van der Waals surface area contributed by atoms with Gasteiger partial charge >= 0.3 is 12.0 Å². The molecule has 0 unspecified atom stereocenters. The van der Waals surface area contributed by atoms with Crippen LogP contribution in [0.5, 0.6) is 0 Å². The Morgan fingerprint density at radius 1 is 1.52 bits per heavy atom. The van der Waals surface area contributed by atoms with Gasteiger partial charge in [0, 0.05) is 31.4 Å². The molecular weight excluding hydrogens is 272 g/mol. The fourth-order valence-corrected chi connectivity index (χ4v) is 2.40. The van der Waals surface area contributed by atoms with Crippen molar-refractivity contribution >= 4 is 12.0 Å². The van der Waals surface area contributed by atoms with Crippen LogP contribution in [-0.2, 0) is 16.0 Å². The molecule has 0 aliphatic carbocycles. The number of hydrogen-bond acceptors (Lipinski definition) is 4. The fourth-order valence-electron chi connectivity index (χ4n) is 2.40. The zero-order chi connectivity index (χ0) is 15.2. The summed E-state index contributed by atoms with van der Waals surface area (Å²) in [5, 5.41) is 2.76. The second kappa shape index (κ2) is 7.10. The molecule has 116 valence electrons. The summed E-state index contributed by atoms with van der Waals surface area (Å²) in [6.45, 7) is 3.64. The molecule has 1 aromatic heterocycles. The normalized spacial score (nSPS) is 17.3. The van der Waals surface area contributed by atoms with Crippen molar-refractivity contribution in [2.24, 2.45) is 5.92 Å². The van der Waals surface area contributed by atoms with Crippen molar-refractivity contribution in [2.45, 2.75) is 32.2 Å². The Morgan fingerprint density at radius 3 is 2.81 bits per heavy atom. The van der Waals surface area contributed by atoms with E-state index in [0.717, 1.165) is 31.6 Å². The Hall–Kier alpha value is -2.05. The lowest BCUT2D eigenvalue weighted by Gasteiger charge is -2.31. The Kier molecular flexibility index (Phi) is 5.19. The first-order valence-electron chi connectivity index (χ1n) is 7.20. The van der Waals surface area contributed by atoms with Gasteiger partial charge in [0.1, 0.15) is 6.04 Å². The van der Waals surface area contributed by atoms with E-state index >= 15 is 0 Å². The van der Waals surface area contributed by atoms with Gasteiger partial charge in [-0.3, -0.25) is 0 Å². The predicted molar refractivity (Wildman–Crippen MR) is 76.6 cm³/mol. The van der Waals surface area contributed by atoms with Crippen molar-refractivity contribution in [3.05, 3.63) is 18.2 Å². The molecule has 1 saturated heterocycles. The number of esters is 1. The number of urea groups is 1. The van der Waals surface area contributed by atoms with Crippen molar-refractivity contribution in [3.63, 3.8) is 0 Å². The number of aromatic nitrogens is 2. The van der Waals surface area contributed by atoms with Crippen LogP contribution in [0, 0.1) is 5.92 Å². The molecule has 2 rings (SSSR count). The number of ether oxygens (including phenoxy) is 1. The number of hydrogen-bond donors (Lipinski definition) is 2. The molecule has 2 heterocycles. The van der Waals surface area contributed by atoms with Crippen LogP contribution in [-0.4, -0.2) is 53.1 Å². The first kappa shape index (κ1) is 15.3. The van der Waals surface area contributed by atoms with Gasteiger partial charge in [0.05, 0.1) is 13.4 Å². The van der Waals surface area contributed by atoms with Gasteiger partial charge in [-0.2, -0.15) is 0 Å². The van der Waals surface area contributed by atoms with Crippen LogP contribution in [0.25, 0.3) is 0 Å². The van der Waals surface area contributed by atoms with Gasteiger partial charge in [0.25, 0.3) is 0 Å². The van der Waals surface area contributed by atoms with Gasteiger partial charge in [0.2, 0.25) is 0 Å². The fraction of sp³-hybridized carbons (Fsp3) is 0.643. The van der Waals surface area contributed by atoms with Crippen LogP contribution in [0.2, 0.25) is 0 Å². The summed E-state index contributed by atoms with van der Waals surface area (Å²) in [6, 6.07) is -0.917. The molecule has 1 aliphatic rings. The lowest BCUT2D eigenvalue weighted by Crippen LogP contribution is -2.51. The Labute approximate surface area is 124 Å². The molecule has 0 aromatic carbocycles. The first-order valence-corrected chi connectivity index (χ1v) is 7.20. The van der Waals surface area contributed by atoms with Crippen LogP contribution in [0.1, 0.15) is 25.5 Å². The van der Waals surface area contributed by atoms with Crippen LogP contribution in [0.3, 0.4) is 0 Å². The standard InChI is InChI=1S/C14H22N4O3/c1-10-3-5-18(6-4-10)14(20)17-12(13(19)21-2)7-11-8-15-9-16-11/h8-10,12H,3-7H2,1-2H3,(H,15,16)(H,17,20)/t12-/m0/s1. The quantitative estimate of drug-likeness (QED) is 0.809. The molecule has 7 nitrogen and oxygen atoms in total. The Morgan fingerprint density at radius 2 is 2.24 bits per heavy atom. The number of nitrogens with zero attached hydrogens (tertiary/aromatic N) is 2. The summed E-state index contributed by atoms with van der Waals surface area (Å²) >= 11 is 0. The van der Waals surface area contributed by atoms with E-state index in [2.05, 4.69) is 22.2 Å². The minimum atomic E-state index is -0.706. The zero-order valence-corrected chi connectivity index (χ0v) is 12.5. The molecule has 1 aliphatic heterocycles. The van der Waals surface area contributed by atoms with E-state index in [1.54, 1.807) is 11.1 Å². The van der Waals surface area contributed by atoms with Gasteiger partial charge in [-0.1, -0.05) is 6.92 Å². The Bertz CT molecular complexity index is 467. The van der Waals surface area contributed by atoms with E-state index in [0.29, 0.717) is 12.3 Å². The third-order valence-corrected chi connectivity index (χ3v) is 3.83. The maximum Gasteiger partial charge on any atom is 0.328 e. The largest absolute Gasteiger partial charge is 0.467 e. The van der Waals surface area contributed by atoms with Crippen molar-refractivity contribution in [3.8, 4) is 0 Å². The molecule has 2 N–H and O–H groups in total. The number of carbonyl (C=O) groups is 2. The van der Waals surface area contributed by atoms with Gasteiger partial charge in [-0.15, -0.1) is 0 Å². The number of imidazole rings is 1. The zero-order valence-electron chi connectivity index (χ0n) is 12.5. The maximum atomic E-state index is 12.2. The van der Waals surface area contributed by atoms with E-state index in [1.807, 2.05) is 0 Å². The molecule has 2 amide bonds. The molecule has 1 fully saturated rings. The SMILES string of the molecule is COC(=O)[C@H](Cc1cnc[nH]1)NC(=O)N1CCC(C)CC1. The van der Waals surface area contributed by atoms with Crippen LogP contribution in [0.4, 0.5) is 4.79 Å². The molecule has 1 aromatic rings. The highest BCUT2D eigenvalue weighted by Crippen LogP contribution is 2.16. The lowest BCUT2D eigenvalue weighted by atomic mass is 9.99. The maximum absolute atomic E-state index is 12.2. The van der Waals surface area contributed by atoms with Crippen molar-refractivity contribution in [2.75, 3.05) is 20.2 Å². The summed E-state index contributed by atoms with van der Waals surface area (Å²) in [5.41, 5.74) is 0.776. The van der Waals surface area contributed by atoms with Gasteiger partial charge in [0.15, 0.2) is 0 Å². The van der Waals surface area contributed by atoms with Gasteiger partial charge in [-0.25, -0.2) is 14.6 Å². The number of likely N-dealkylation sites (tertiary alicyclic amines) is 1. The topological polar surface area (TPSA) is 87.3 Å². The molecule has 0 bridgehead atoms. The number of rotatable bonds is 4. The monoisotopic (exact) mass is 294 g/mol. The molecule has 0 radical (unpaired) electrons. The molecule has 21 heavy (non-hydrogen) atoms. The number of H-pyrrole nitrogens is 1. The Balaban J connectivity index is 1.94. The third kappa shape index (κ3) is 4.21. The van der Waals surface area contributed by atoms with E-state index in [4.69, 9.17) is 4.74 Å². The van der Waals surface area contributed by atoms with Crippen LogP contribution in [0.15, 0.2) is 12.5 Å². The first-order chi connectivity index (χ1) is 10.1. The van der Waals surface area contributed by atoms with Crippen molar-refractivity contribution in [1.82, 2.24) is 20.2 Å². The van der Waals surface area contributed by atoms with Gasteiger partial charge in [-0.05, 0) is 18.8 Å². The minimum absolute atomic E-state index is 0.211. The molecule has 1 atom stereocenters. The van der Waals surface area contributed by atoms with Crippen molar-refractivity contribution < 1.29 is 14.3 Å². The van der Waals surface area contributed by atoms with Crippen LogP contribution < -0.4 is 5.32 Å². The average Bonchev–Trinajstić information content (AvgIpc) is 2.99. The number of carbonyl (C=O) groups excluding carboxylic acids is 2. The smallest absolute Gasteiger partial charge is 0.328 e. The number of aromatic amines is 1. The highest BCUT2D eigenvalue weighted by atomic mass is 16.5. The van der Waals surface area contributed by atoms with Gasteiger partial charge < -0.3 is 19.9 Å². The lowest BCUT2D eigenvalue weighted by molar-refractivity contribution is -0.142. The second-order valence-electron chi connectivity index (χ2n) is 5.48. The van der Waals surface area contributed by atoms with E-state index < -0.39 is 12.0 Å². The summed E-state index contributed by atoms with van der Waals surface area (Å²) in [7, 11) is 1.32. The number of nitrogens with one attached hydrogen (secondary N) is 2. The summed E-state index contributed by atoms with van der Waals surface area (Å²) < 4.78 is 4.76. The molecule has 0 spiro atoms. The average molecular weight is 294 g/mol. The number of amides is 2. The summed E-state index contributed by atoms with van der Waals surface area (Å²) in [6.07, 6.45) is 5.50. The highest BCUT2D eigenvalue weighted by Gasteiger charge is 2.26. The highest BCUT2D eigenvalue weighted by molar-refractivity contribution is 5.83. The van der Waals surface area contributed by atoms with E-state index in [9.17, 15) is 9.59 Å². The van der Waals surface area contributed by atoms with Crippen molar-refractivity contribution in [1.29, 1.82) is 0 Å². The molecular formula is C14H22N4O3. The van der Waals surface area contributed by atoms with Crippen LogP contribution >= 0.6 is 0 Å². The summed E-state index contributed by atoms with van der Waals surface area (Å²) in [5.74, 6) is 0.193. The van der Waals surface area contributed by atoms with E-state index in [1.165, 1.54) is 13.4 Å². The number of methoxy groups -OCH3 is 1.